The fourth-order valence-corrected chi connectivity index (χ4v) is 3.73. The smallest absolute Gasteiger partial charge is 0.226 e. The molecular weight excluding hydrogens is 330 g/mol. The molecule has 1 saturated heterocycles. The molecule has 1 aliphatic heterocycles. The number of carbonyl (C=O) groups excluding carboxylic acids is 1. The van der Waals surface area contributed by atoms with Gasteiger partial charge in [-0.15, -0.1) is 0 Å². The van der Waals surface area contributed by atoms with Crippen LogP contribution in [0.5, 0.6) is 0 Å². The fraction of sp³-hybridized carbons (Fsp3) is 0.562. The van der Waals surface area contributed by atoms with Crippen LogP contribution in [0.4, 0.5) is 0 Å². The van der Waals surface area contributed by atoms with Crippen molar-refractivity contribution in [3.63, 3.8) is 0 Å². The molecule has 1 amide bonds. The summed E-state index contributed by atoms with van der Waals surface area (Å²) in [6.07, 6.45) is 6.03. The zero-order valence-electron chi connectivity index (χ0n) is 12.1. The van der Waals surface area contributed by atoms with Crippen molar-refractivity contribution in [2.24, 2.45) is 5.92 Å². The number of halogens is 1. The lowest BCUT2D eigenvalue weighted by molar-refractivity contribution is -0.125. The molecule has 4 nitrogen and oxygen atoms in total. The Hall–Kier alpha value is -0.910. The second kappa shape index (κ2) is 6.90. The largest absolute Gasteiger partial charge is 0.353 e. The lowest BCUT2D eigenvalue weighted by Crippen LogP contribution is -2.42. The van der Waals surface area contributed by atoms with E-state index in [1.165, 1.54) is 19.3 Å². The van der Waals surface area contributed by atoms with Crippen LogP contribution in [0.25, 0.3) is 0 Å². The predicted octanol–water partition coefficient (Wildman–Crippen LogP) is 2.66. The molecule has 0 aromatic heterocycles. The van der Waals surface area contributed by atoms with Gasteiger partial charge < -0.3 is 5.32 Å². The van der Waals surface area contributed by atoms with E-state index in [1.54, 1.807) is 0 Å². The van der Waals surface area contributed by atoms with Crippen LogP contribution in [-0.2, 0) is 4.79 Å². The fourth-order valence-electron chi connectivity index (χ4n) is 3.31. The molecule has 3 rings (SSSR count). The molecule has 21 heavy (non-hydrogen) atoms. The van der Waals surface area contributed by atoms with Gasteiger partial charge >= 0.3 is 0 Å². The molecule has 1 aromatic rings. The summed E-state index contributed by atoms with van der Waals surface area (Å²) >= 11 is 3.50. The highest BCUT2D eigenvalue weighted by molar-refractivity contribution is 9.10. The van der Waals surface area contributed by atoms with Crippen molar-refractivity contribution in [3.05, 3.63) is 34.3 Å². The molecule has 2 aliphatic rings. The van der Waals surface area contributed by atoms with E-state index in [0.717, 1.165) is 22.9 Å². The standard InChI is InChI=1S/C16H22BrN3O/c17-12-6-4-5-11(9-12)15-14(10-18-20-15)16(21)19-13-7-2-1-3-8-13/h4-6,9,13-15,18,20H,1-3,7-8,10H2,(H,19,21). The maximum atomic E-state index is 12.6. The molecule has 114 valence electrons. The number of carbonyl (C=O) groups is 1. The van der Waals surface area contributed by atoms with Crippen LogP contribution in [0.3, 0.4) is 0 Å². The van der Waals surface area contributed by atoms with Gasteiger partial charge in [0.1, 0.15) is 0 Å². The molecule has 0 bridgehead atoms. The normalized spacial score (nSPS) is 26.7. The third-order valence-electron chi connectivity index (χ3n) is 4.48. The molecule has 0 spiro atoms. The summed E-state index contributed by atoms with van der Waals surface area (Å²) in [5.41, 5.74) is 7.51. The van der Waals surface area contributed by atoms with Gasteiger partial charge in [0.25, 0.3) is 0 Å². The van der Waals surface area contributed by atoms with Gasteiger partial charge in [-0.3, -0.25) is 10.2 Å². The zero-order chi connectivity index (χ0) is 14.7. The van der Waals surface area contributed by atoms with Crippen LogP contribution < -0.4 is 16.2 Å². The van der Waals surface area contributed by atoms with Gasteiger partial charge in [0.15, 0.2) is 0 Å². The Balaban J connectivity index is 1.67. The van der Waals surface area contributed by atoms with Gasteiger partial charge in [0, 0.05) is 17.1 Å². The van der Waals surface area contributed by atoms with Gasteiger partial charge in [0.05, 0.1) is 12.0 Å². The molecule has 1 saturated carbocycles. The number of amides is 1. The first-order valence-corrected chi connectivity index (χ1v) is 8.57. The Morgan fingerprint density at radius 1 is 1.24 bits per heavy atom. The molecule has 1 aromatic carbocycles. The number of hydrogen-bond acceptors (Lipinski definition) is 3. The van der Waals surface area contributed by atoms with Crippen LogP contribution in [0.2, 0.25) is 0 Å². The van der Waals surface area contributed by atoms with E-state index in [2.05, 4.69) is 44.2 Å². The van der Waals surface area contributed by atoms with Crippen molar-refractivity contribution in [1.82, 2.24) is 16.2 Å². The van der Waals surface area contributed by atoms with Crippen molar-refractivity contribution in [2.45, 2.75) is 44.2 Å². The molecule has 2 atom stereocenters. The number of rotatable bonds is 3. The maximum absolute atomic E-state index is 12.6. The Kier molecular flexibility index (Phi) is 4.93. The Morgan fingerprint density at radius 3 is 2.81 bits per heavy atom. The number of hydrazine groups is 1. The quantitative estimate of drug-likeness (QED) is 0.784. The molecule has 2 fully saturated rings. The third-order valence-corrected chi connectivity index (χ3v) is 4.97. The highest BCUT2D eigenvalue weighted by Gasteiger charge is 2.34. The minimum absolute atomic E-state index is 0.0334. The van der Waals surface area contributed by atoms with Crippen molar-refractivity contribution in [3.8, 4) is 0 Å². The second-order valence-corrected chi connectivity index (χ2v) is 6.92. The summed E-state index contributed by atoms with van der Waals surface area (Å²) in [5.74, 6) is 0.116. The highest BCUT2D eigenvalue weighted by atomic mass is 79.9. The molecule has 1 heterocycles. The van der Waals surface area contributed by atoms with E-state index in [-0.39, 0.29) is 17.9 Å². The molecule has 0 radical (unpaired) electrons. The molecular formula is C16H22BrN3O. The summed E-state index contributed by atoms with van der Waals surface area (Å²) in [5, 5.41) is 3.24. The average molecular weight is 352 g/mol. The lowest BCUT2D eigenvalue weighted by Gasteiger charge is -2.26. The summed E-state index contributed by atoms with van der Waals surface area (Å²) in [6.45, 7) is 0.676. The van der Waals surface area contributed by atoms with E-state index in [9.17, 15) is 4.79 Å². The van der Waals surface area contributed by atoms with Crippen molar-refractivity contribution in [2.75, 3.05) is 6.54 Å². The second-order valence-electron chi connectivity index (χ2n) is 6.01. The summed E-state index contributed by atoms with van der Waals surface area (Å²) in [4.78, 5) is 12.6. The lowest BCUT2D eigenvalue weighted by atomic mass is 9.92. The monoisotopic (exact) mass is 351 g/mol. The summed E-state index contributed by atoms with van der Waals surface area (Å²) < 4.78 is 1.04. The van der Waals surface area contributed by atoms with E-state index >= 15 is 0 Å². The van der Waals surface area contributed by atoms with Gasteiger partial charge in [-0.05, 0) is 30.5 Å². The van der Waals surface area contributed by atoms with Crippen molar-refractivity contribution >= 4 is 21.8 Å². The maximum Gasteiger partial charge on any atom is 0.226 e. The van der Waals surface area contributed by atoms with Crippen LogP contribution in [0, 0.1) is 5.92 Å². The predicted molar refractivity (Wildman–Crippen MR) is 86.5 cm³/mol. The van der Waals surface area contributed by atoms with Crippen LogP contribution in [0.1, 0.15) is 43.7 Å². The Bertz CT molecular complexity index is 502. The number of nitrogens with one attached hydrogen (secondary N) is 3. The van der Waals surface area contributed by atoms with Gasteiger partial charge in [-0.2, -0.15) is 0 Å². The molecule has 3 N–H and O–H groups in total. The van der Waals surface area contributed by atoms with E-state index < -0.39 is 0 Å². The molecule has 1 aliphatic carbocycles. The SMILES string of the molecule is O=C(NC1CCCCC1)C1CNNC1c1cccc(Br)c1. The van der Waals surface area contributed by atoms with Gasteiger partial charge in [-0.1, -0.05) is 47.3 Å². The van der Waals surface area contributed by atoms with Gasteiger partial charge in [0.2, 0.25) is 5.91 Å². The van der Waals surface area contributed by atoms with Gasteiger partial charge in [-0.25, -0.2) is 5.43 Å². The first kappa shape index (κ1) is 15.0. The Morgan fingerprint density at radius 2 is 2.05 bits per heavy atom. The zero-order valence-corrected chi connectivity index (χ0v) is 13.7. The number of hydrogen-bond donors (Lipinski definition) is 3. The summed E-state index contributed by atoms with van der Waals surface area (Å²) in [6, 6.07) is 8.56. The summed E-state index contributed by atoms with van der Waals surface area (Å²) in [7, 11) is 0. The number of benzene rings is 1. The average Bonchev–Trinajstić information content (AvgIpc) is 2.98. The first-order chi connectivity index (χ1) is 10.2. The first-order valence-electron chi connectivity index (χ1n) is 7.78. The van der Waals surface area contributed by atoms with E-state index in [1.807, 2.05) is 12.1 Å². The van der Waals surface area contributed by atoms with Crippen LogP contribution in [0.15, 0.2) is 28.7 Å². The van der Waals surface area contributed by atoms with E-state index in [4.69, 9.17) is 0 Å². The minimum atomic E-state index is -0.0544. The van der Waals surface area contributed by atoms with Crippen LogP contribution in [-0.4, -0.2) is 18.5 Å². The van der Waals surface area contributed by atoms with Crippen LogP contribution >= 0.6 is 15.9 Å². The molecule has 2 unspecified atom stereocenters. The van der Waals surface area contributed by atoms with E-state index in [0.29, 0.717) is 12.6 Å². The topological polar surface area (TPSA) is 53.2 Å². The van der Waals surface area contributed by atoms with Crippen molar-refractivity contribution in [1.29, 1.82) is 0 Å². The third kappa shape index (κ3) is 3.65. The highest BCUT2D eigenvalue weighted by Crippen LogP contribution is 2.27. The molecule has 5 heteroatoms. The van der Waals surface area contributed by atoms with Crippen molar-refractivity contribution < 1.29 is 4.79 Å². The minimum Gasteiger partial charge on any atom is -0.353 e. The Labute approximate surface area is 134 Å².